The SMILES string of the molecule is CCOc1cc(C(C)=O)c(N)cc1C#N. The third kappa shape index (κ3) is 2.26. The number of nitrogens with zero attached hydrogens (tertiary/aromatic N) is 1. The maximum absolute atomic E-state index is 11.2. The highest BCUT2D eigenvalue weighted by molar-refractivity contribution is 5.99. The summed E-state index contributed by atoms with van der Waals surface area (Å²) in [6.07, 6.45) is 0. The van der Waals surface area contributed by atoms with Crippen molar-refractivity contribution in [2.75, 3.05) is 12.3 Å². The van der Waals surface area contributed by atoms with Crippen molar-refractivity contribution >= 4 is 11.5 Å². The van der Waals surface area contributed by atoms with Crippen molar-refractivity contribution in [3.8, 4) is 11.8 Å². The van der Waals surface area contributed by atoms with Crippen LogP contribution in [0.2, 0.25) is 0 Å². The van der Waals surface area contributed by atoms with Crippen molar-refractivity contribution in [1.82, 2.24) is 0 Å². The number of ether oxygens (including phenoxy) is 1. The van der Waals surface area contributed by atoms with Gasteiger partial charge in [-0.15, -0.1) is 0 Å². The third-order valence-electron chi connectivity index (χ3n) is 1.95. The topological polar surface area (TPSA) is 76.1 Å². The van der Waals surface area contributed by atoms with Crippen molar-refractivity contribution in [3.63, 3.8) is 0 Å². The minimum absolute atomic E-state index is 0.141. The number of benzene rings is 1. The van der Waals surface area contributed by atoms with Crippen molar-refractivity contribution in [3.05, 3.63) is 23.3 Å². The van der Waals surface area contributed by atoms with Gasteiger partial charge in [0.1, 0.15) is 11.8 Å². The second kappa shape index (κ2) is 4.47. The highest BCUT2D eigenvalue weighted by Gasteiger charge is 2.11. The molecule has 0 unspecified atom stereocenters. The molecule has 0 bridgehead atoms. The molecule has 1 rings (SSSR count). The van der Waals surface area contributed by atoms with Crippen LogP contribution in [0.3, 0.4) is 0 Å². The molecule has 0 amide bonds. The Balaban J connectivity index is 3.31. The predicted octanol–water partition coefficient (Wildman–Crippen LogP) is 1.74. The van der Waals surface area contributed by atoms with Crippen molar-refractivity contribution in [2.24, 2.45) is 0 Å². The molecule has 0 heterocycles. The predicted molar refractivity (Wildman–Crippen MR) is 56.7 cm³/mol. The normalized spacial score (nSPS) is 9.40. The lowest BCUT2D eigenvalue weighted by Gasteiger charge is -2.08. The summed E-state index contributed by atoms with van der Waals surface area (Å²) >= 11 is 0. The fourth-order valence-corrected chi connectivity index (χ4v) is 1.26. The highest BCUT2D eigenvalue weighted by Crippen LogP contribution is 2.25. The van der Waals surface area contributed by atoms with Gasteiger partial charge in [-0.05, 0) is 26.0 Å². The average molecular weight is 204 g/mol. The second-order valence-corrected chi connectivity index (χ2v) is 3.04. The molecule has 0 radical (unpaired) electrons. The number of ketones is 1. The number of hydrogen-bond donors (Lipinski definition) is 1. The van der Waals surface area contributed by atoms with E-state index in [1.54, 1.807) is 0 Å². The number of nitriles is 1. The number of Topliss-reactive ketones (excluding diaryl/α,β-unsaturated/α-hetero) is 1. The van der Waals surface area contributed by atoms with Crippen LogP contribution in [0.1, 0.15) is 29.8 Å². The van der Waals surface area contributed by atoms with Crippen LogP contribution in [0.5, 0.6) is 5.75 Å². The molecule has 1 aromatic carbocycles. The molecular formula is C11H12N2O2. The zero-order valence-corrected chi connectivity index (χ0v) is 8.70. The van der Waals surface area contributed by atoms with Gasteiger partial charge in [0.25, 0.3) is 0 Å². The molecule has 15 heavy (non-hydrogen) atoms. The van der Waals surface area contributed by atoms with Gasteiger partial charge in [0.15, 0.2) is 5.78 Å². The smallest absolute Gasteiger partial charge is 0.162 e. The Kier molecular flexibility index (Phi) is 3.29. The van der Waals surface area contributed by atoms with E-state index in [4.69, 9.17) is 15.7 Å². The van der Waals surface area contributed by atoms with E-state index in [1.807, 2.05) is 13.0 Å². The van der Waals surface area contributed by atoms with E-state index in [1.165, 1.54) is 19.1 Å². The van der Waals surface area contributed by atoms with Gasteiger partial charge in [0.2, 0.25) is 0 Å². The first-order chi connectivity index (χ1) is 7.10. The van der Waals surface area contributed by atoms with Crippen LogP contribution >= 0.6 is 0 Å². The number of carbonyl (C=O) groups excluding carboxylic acids is 1. The molecule has 2 N–H and O–H groups in total. The Labute approximate surface area is 88.3 Å². The Morgan fingerprint density at radius 3 is 2.73 bits per heavy atom. The fourth-order valence-electron chi connectivity index (χ4n) is 1.26. The maximum atomic E-state index is 11.2. The van der Waals surface area contributed by atoms with Crippen molar-refractivity contribution in [2.45, 2.75) is 13.8 Å². The lowest BCUT2D eigenvalue weighted by Crippen LogP contribution is -2.03. The average Bonchev–Trinajstić information content (AvgIpc) is 2.20. The third-order valence-corrected chi connectivity index (χ3v) is 1.95. The Morgan fingerprint density at radius 2 is 2.27 bits per heavy atom. The van der Waals surface area contributed by atoms with Crippen molar-refractivity contribution < 1.29 is 9.53 Å². The van der Waals surface area contributed by atoms with Crippen LogP contribution in [-0.4, -0.2) is 12.4 Å². The highest BCUT2D eigenvalue weighted by atomic mass is 16.5. The second-order valence-electron chi connectivity index (χ2n) is 3.04. The quantitative estimate of drug-likeness (QED) is 0.601. The number of hydrogen-bond acceptors (Lipinski definition) is 4. The Morgan fingerprint density at radius 1 is 1.60 bits per heavy atom. The molecule has 1 aromatic rings. The van der Waals surface area contributed by atoms with Crippen LogP contribution in [0.15, 0.2) is 12.1 Å². The molecule has 4 nitrogen and oxygen atoms in total. The molecular weight excluding hydrogens is 192 g/mol. The zero-order chi connectivity index (χ0) is 11.4. The lowest BCUT2D eigenvalue weighted by atomic mass is 10.1. The van der Waals surface area contributed by atoms with Gasteiger partial charge in [0.05, 0.1) is 12.2 Å². The molecule has 0 atom stereocenters. The molecule has 0 aliphatic rings. The molecule has 0 aliphatic carbocycles. The van der Waals surface area contributed by atoms with E-state index < -0.39 is 0 Å². The maximum Gasteiger partial charge on any atom is 0.162 e. The first-order valence-electron chi connectivity index (χ1n) is 4.57. The lowest BCUT2D eigenvalue weighted by molar-refractivity contribution is 0.101. The molecule has 0 fully saturated rings. The van der Waals surface area contributed by atoms with Crippen LogP contribution in [0.4, 0.5) is 5.69 Å². The minimum Gasteiger partial charge on any atom is -0.492 e. The van der Waals surface area contributed by atoms with Gasteiger partial charge in [-0.25, -0.2) is 0 Å². The first-order valence-corrected chi connectivity index (χ1v) is 4.57. The standard InChI is InChI=1S/C11H12N2O2/c1-3-15-11-5-9(7(2)14)10(13)4-8(11)6-12/h4-5H,3,13H2,1-2H3. The number of nitrogens with two attached hydrogens (primary N) is 1. The van der Waals surface area contributed by atoms with Gasteiger partial charge in [-0.2, -0.15) is 5.26 Å². The Bertz CT molecular complexity index is 433. The van der Waals surface area contributed by atoms with Crippen LogP contribution in [0, 0.1) is 11.3 Å². The molecule has 0 saturated heterocycles. The summed E-state index contributed by atoms with van der Waals surface area (Å²) in [5.74, 6) is 0.261. The summed E-state index contributed by atoms with van der Waals surface area (Å²) in [7, 11) is 0. The van der Waals surface area contributed by atoms with E-state index >= 15 is 0 Å². The minimum atomic E-state index is -0.141. The summed E-state index contributed by atoms with van der Waals surface area (Å²) < 4.78 is 5.24. The van der Waals surface area contributed by atoms with E-state index in [0.717, 1.165) is 0 Å². The number of nitrogen functional groups attached to an aromatic ring is 1. The molecule has 78 valence electrons. The molecule has 0 spiro atoms. The first kappa shape index (κ1) is 11.1. The molecule has 0 aliphatic heterocycles. The van der Waals surface area contributed by atoms with E-state index in [2.05, 4.69) is 0 Å². The van der Waals surface area contributed by atoms with Gasteiger partial charge < -0.3 is 10.5 Å². The van der Waals surface area contributed by atoms with Crippen LogP contribution < -0.4 is 10.5 Å². The van der Waals surface area contributed by atoms with E-state index in [9.17, 15) is 4.79 Å². The van der Waals surface area contributed by atoms with Gasteiger partial charge in [-0.3, -0.25) is 4.79 Å². The summed E-state index contributed by atoms with van der Waals surface area (Å²) in [6.45, 7) is 3.67. The van der Waals surface area contributed by atoms with E-state index in [-0.39, 0.29) is 5.78 Å². The summed E-state index contributed by atoms with van der Waals surface area (Å²) in [5, 5.41) is 8.83. The molecule has 0 saturated carbocycles. The largest absolute Gasteiger partial charge is 0.492 e. The monoisotopic (exact) mass is 204 g/mol. The van der Waals surface area contributed by atoms with Gasteiger partial charge >= 0.3 is 0 Å². The van der Waals surface area contributed by atoms with E-state index in [0.29, 0.717) is 29.2 Å². The summed E-state index contributed by atoms with van der Waals surface area (Å²) in [5.41, 5.74) is 6.68. The van der Waals surface area contributed by atoms with Crippen LogP contribution in [-0.2, 0) is 0 Å². The molecule has 4 heteroatoms. The fraction of sp³-hybridized carbons (Fsp3) is 0.273. The number of rotatable bonds is 3. The number of carbonyl (C=O) groups is 1. The summed E-state index contributed by atoms with van der Waals surface area (Å²) in [6, 6.07) is 4.94. The molecule has 0 aromatic heterocycles. The van der Waals surface area contributed by atoms with Crippen molar-refractivity contribution in [1.29, 1.82) is 5.26 Å². The Hall–Kier alpha value is -2.02. The van der Waals surface area contributed by atoms with Crippen LogP contribution in [0.25, 0.3) is 0 Å². The zero-order valence-electron chi connectivity index (χ0n) is 8.70. The number of anilines is 1. The van der Waals surface area contributed by atoms with Gasteiger partial charge in [0, 0.05) is 11.3 Å². The van der Waals surface area contributed by atoms with Gasteiger partial charge in [-0.1, -0.05) is 0 Å². The summed E-state index contributed by atoms with van der Waals surface area (Å²) in [4.78, 5) is 11.2.